The molecule has 114 valence electrons. The van der Waals surface area contributed by atoms with E-state index in [4.69, 9.17) is 4.42 Å². The van der Waals surface area contributed by atoms with Gasteiger partial charge in [-0.25, -0.2) is 0 Å². The summed E-state index contributed by atoms with van der Waals surface area (Å²) in [5.74, 6) is 2.92. The number of hydrogen-bond acceptors (Lipinski definition) is 2. The average molecular weight is 285 g/mol. The van der Waals surface area contributed by atoms with Gasteiger partial charge in [-0.1, -0.05) is 50.8 Å². The van der Waals surface area contributed by atoms with Gasteiger partial charge >= 0.3 is 0 Å². The van der Waals surface area contributed by atoms with Gasteiger partial charge in [-0.3, -0.25) is 0 Å². The molecule has 0 saturated heterocycles. The molecule has 0 radical (unpaired) electrons. The highest BCUT2D eigenvalue weighted by Crippen LogP contribution is 2.30. The van der Waals surface area contributed by atoms with Gasteiger partial charge in [-0.05, 0) is 43.9 Å². The first kappa shape index (κ1) is 14.6. The SMILES string of the molecule is CC1CCC(CCNC(C)c2cc3ccccc3o2)CC1. The number of furan rings is 1. The van der Waals surface area contributed by atoms with E-state index < -0.39 is 0 Å². The van der Waals surface area contributed by atoms with E-state index in [9.17, 15) is 0 Å². The van der Waals surface area contributed by atoms with E-state index in [2.05, 4.69) is 37.4 Å². The summed E-state index contributed by atoms with van der Waals surface area (Å²) in [5, 5.41) is 4.82. The summed E-state index contributed by atoms with van der Waals surface area (Å²) in [4.78, 5) is 0. The second-order valence-corrected chi connectivity index (χ2v) is 6.78. The van der Waals surface area contributed by atoms with E-state index in [-0.39, 0.29) is 0 Å². The fourth-order valence-corrected chi connectivity index (χ4v) is 3.44. The molecule has 1 saturated carbocycles. The van der Waals surface area contributed by atoms with E-state index >= 15 is 0 Å². The standard InChI is InChI=1S/C19H27NO/c1-14-7-9-16(10-8-14)11-12-20-15(2)19-13-17-5-3-4-6-18(17)21-19/h3-6,13-16,20H,7-12H2,1-2H3. The lowest BCUT2D eigenvalue weighted by Gasteiger charge is -2.26. The lowest BCUT2D eigenvalue weighted by molar-refractivity contribution is 0.271. The first-order valence-corrected chi connectivity index (χ1v) is 8.44. The summed E-state index contributed by atoms with van der Waals surface area (Å²) < 4.78 is 5.92. The van der Waals surface area contributed by atoms with Gasteiger partial charge in [-0.15, -0.1) is 0 Å². The van der Waals surface area contributed by atoms with Crippen LogP contribution < -0.4 is 5.32 Å². The number of para-hydroxylation sites is 1. The van der Waals surface area contributed by atoms with Gasteiger partial charge < -0.3 is 9.73 Å². The molecule has 2 aromatic rings. The predicted octanol–water partition coefficient (Wildman–Crippen LogP) is 5.30. The van der Waals surface area contributed by atoms with Crippen LogP contribution >= 0.6 is 0 Å². The van der Waals surface area contributed by atoms with Gasteiger partial charge in [0, 0.05) is 5.39 Å². The van der Waals surface area contributed by atoms with Gasteiger partial charge in [0.15, 0.2) is 0 Å². The summed E-state index contributed by atoms with van der Waals surface area (Å²) in [6.07, 6.45) is 6.98. The van der Waals surface area contributed by atoms with E-state index in [0.717, 1.165) is 29.7 Å². The van der Waals surface area contributed by atoms with Crippen molar-refractivity contribution in [3.63, 3.8) is 0 Å². The number of rotatable bonds is 5. The van der Waals surface area contributed by atoms with Gasteiger partial charge in [0.1, 0.15) is 11.3 Å². The van der Waals surface area contributed by atoms with Crippen molar-refractivity contribution < 1.29 is 4.42 Å². The number of fused-ring (bicyclic) bond motifs is 1. The molecule has 0 aliphatic heterocycles. The third-order valence-electron chi connectivity index (χ3n) is 5.01. The topological polar surface area (TPSA) is 25.2 Å². The maximum absolute atomic E-state index is 5.92. The van der Waals surface area contributed by atoms with Crippen molar-refractivity contribution in [3.8, 4) is 0 Å². The van der Waals surface area contributed by atoms with E-state index in [1.807, 2.05) is 12.1 Å². The molecule has 1 unspecified atom stereocenters. The minimum atomic E-state index is 0.292. The molecule has 1 aromatic carbocycles. The molecule has 2 heteroatoms. The van der Waals surface area contributed by atoms with Crippen molar-refractivity contribution in [2.75, 3.05) is 6.54 Å². The van der Waals surface area contributed by atoms with Crippen LogP contribution in [0.25, 0.3) is 11.0 Å². The monoisotopic (exact) mass is 285 g/mol. The molecule has 1 N–H and O–H groups in total. The third-order valence-corrected chi connectivity index (χ3v) is 5.01. The molecule has 1 atom stereocenters. The fraction of sp³-hybridized carbons (Fsp3) is 0.579. The average Bonchev–Trinajstić information content (AvgIpc) is 2.93. The van der Waals surface area contributed by atoms with Crippen molar-refractivity contribution >= 4 is 11.0 Å². The van der Waals surface area contributed by atoms with Crippen LogP contribution in [0.5, 0.6) is 0 Å². The Hall–Kier alpha value is -1.28. The van der Waals surface area contributed by atoms with E-state index in [0.29, 0.717) is 6.04 Å². The van der Waals surface area contributed by atoms with Gasteiger partial charge in [0.05, 0.1) is 6.04 Å². The molecule has 1 fully saturated rings. The molecule has 0 spiro atoms. The predicted molar refractivity (Wildman–Crippen MR) is 88.4 cm³/mol. The van der Waals surface area contributed by atoms with Crippen LogP contribution in [0.15, 0.2) is 34.7 Å². The molecule has 1 aliphatic rings. The van der Waals surface area contributed by atoms with Crippen molar-refractivity contribution in [1.82, 2.24) is 5.32 Å². The number of benzene rings is 1. The molecular formula is C19H27NO. The smallest absolute Gasteiger partial charge is 0.134 e. The van der Waals surface area contributed by atoms with Crippen LogP contribution in [0.4, 0.5) is 0 Å². The second kappa shape index (κ2) is 6.65. The molecule has 2 nitrogen and oxygen atoms in total. The second-order valence-electron chi connectivity index (χ2n) is 6.78. The molecule has 1 aromatic heterocycles. The third kappa shape index (κ3) is 3.68. The maximum Gasteiger partial charge on any atom is 0.134 e. The molecule has 1 aliphatic carbocycles. The Kier molecular flexibility index (Phi) is 4.64. The Morgan fingerprint density at radius 2 is 1.95 bits per heavy atom. The molecule has 3 rings (SSSR count). The zero-order chi connectivity index (χ0) is 14.7. The van der Waals surface area contributed by atoms with Crippen LogP contribution in [-0.2, 0) is 0 Å². The molecule has 0 amide bonds. The summed E-state index contributed by atoms with van der Waals surface area (Å²) >= 11 is 0. The minimum absolute atomic E-state index is 0.292. The zero-order valence-electron chi connectivity index (χ0n) is 13.3. The van der Waals surface area contributed by atoms with Gasteiger partial charge in [0.25, 0.3) is 0 Å². The molecule has 21 heavy (non-hydrogen) atoms. The Morgan fingerprint density at radius 3 is 2.71 bits per heavy atom. The summed E-state index contributed by atoms with van der Waals surface area (Å²) in [5.41, 5.74) is 0.988. The van der Waals surface area contributed by atoms with Crippen molar-refractivity contribution in [2.24, 2.45) is 11.8 Å². The molecular weight excluding hydrogens is 258 g/mol. The zero-order valence-corrected chi connectivity index (χ0v) is 13.3. The largest absolute Gasteiger partial charge is 0.459 e. The molecule has 1 heterocycles. The first-order chi connectivity index (χ1) is 10.2. The Morgan fingerprint density at radius 1 is 1.19 bits per heavy atom. The van der Waals surface area contributed by atoms with Gasteiger partial charge in [0.2, 0.25) is 0 Å². The van der Waals surface area contributed by atoms with Crippen LogP contribution in [0.1, 0.15) is 57.8 Å². The molecule has 0 bridgehead atoms. The van der Waals surface area contributed by atoms with Gasteiger partial charge in [-0.2, -0.15) is 0 Å². The Balaban J connectivity index is 1.48. The normalized spacial score (nSPS) is 24.3. The van der Waals surface area contributed by atoms with E-state index in [1.165, 1.54) is 37.5 Å². The Labute approximate surface area is 127 Å². The highest BCUT2D eigenvalue weighted by atomic mass is 16.3. The van der Waals surface area contributed by atoms with Crippen molar-refractivity contribution in [3.05, 3.63) is 36.1 Å². The lowest BCUT2D eigenvalue weighted by atomic mass is 9.81. The summed E-state index contributed by atoms with van der Waals surface area (Å²) in [7, 11) is 0. The van der Waals surface area contributed by atoms with Crippen molar-refractivity contribution in [2.45, 2.75) is 52.0 Å². The van der Waals surface area contributed by atoms with Crippen LogP contribution in [0, 0.1) is 11.8 Å². The quantitative estimate of drug-likeness (QED) is 0.806. The summed E-state index contributed by atoms with van der Waals surface area (Å²) in [6.45, 7) is 5.68. The summed E-state index contributed by atoms with van der Waals surface area (Å²) in [6, 6.07) is 10.7. The Bertz CT molecular complexity index is 533. The number of hydrogen-bond donors (Lipinski definition) is 1. The van der Waals surface area contributed by atoms with Crippen LogP contribution in [-0.4, -0.2) is 6.54 Å². The highest BCUT2D eigenvalue weighted by Gasteiger charge is 2.18. The fourth-order valence-electron chi connectivity index (χ4n) is 3.44. The first-order valence-electron chi connectivity index (χ1n) is 8.44. The van der Waals surface area contributed by atoms with E-state index in [1.54, 1.807) is 0 Å². The number of nitrogens with one attached hydrogen (secondary N) is 1. The maximum atomic E-state index is 5.92. The van der Waals surface area contributed by atoms with Crippen LogP contribution in [0.3, 0.4) is 0 Å². The minimum Gasteiger partial charge on any atom is -0.459 e. The highest BCUT2D eigenvalue weighted by molar-refractivity contribution is 5.77. The lowest BCUT2D eigenvalue weighted by Crippen LogP contribution is -2.23. The van der Waals surface area contributed by atoms with Crippen molar-refractivity contribution in [1.29, 1.82) is 0 Å². The van der Waals surface area contributed by atoms with Crippen LogP contribution in [0.2, 0.25) is 0 Å².